The second-order valence-corrected chi connectivity index (χ2v) is 10.0. The molecule has 2 aromatic carbocycles. The molecule has 0 bridgehead atoms. The predicted molar refractivity (Wildman–Crippen MR) is 141 cm³/mol. The molecule has 190 valence electrons. The highest BCUT2D eigenvalue weighted by Crippen LogP contribution is 2.26. The van der Waals surface area contributed by atoms with Crippen molar-refractivity contribution in [1.29, 1.82) is 0 Å². The molecule has 1 aliphatic heterocycles. The fraction of sp³-hybridized carbons (Fsp3) is 0.429. The van der Waals surface area contributed by atoms with Crippen LogP contribution in [0.1, 0.15) is 30.4 Å². The van der Waals surface area contributed by atoms with Gasteiger partial charge in [0.25, 0.3) is 0 Å². The van der Waals surface area contributed by atoms with Crippen LogP contribution in [-0.4, -0.2) is 84.7 Å². The number of piperidine rings is 1. The zero-order valence-corrected chi connectivity index (χ0v) is 20.8. The molecule has 1 saturated heterocycles. The maximum absolute atomic E-state index is 11.3. The van der Waals surface area contributed by atoms with Crippen LogP contribution in [0.5, 0.6) is 0 Å². The van der Waals surface area contributed by atoms with E-state index in [-0.39, 0.29) is 6.61 Å². The van der Waals surface area contributed by atoms with Crippen LogP contribution in [0, 0.1) is 0 Å². The standard InChI is InChI=1S/C28H36N6O2/c35-16-15-33(19-23-5-2-1-3-6-23)20-28(36)10-13-32(14-11-28)12-4-7-24-18-29-27-9-8-25(17-26(24)27)34-21-30-31-22-34/h1-3,5-6,8-9,17-18,21-22,29,35-36H,4,7,10-16,19-20H2. The van der Waals surface area contributed by atoms with Crippen LogP contribution < -0.4 is 0 Å². The van der Waals surface area contributed by atoms with Crippen molar-refractivity contribution < 1.29 is 10.2 Å². The molecule has 0 radical (unpaired) electrons. The molecule has 4 aromatic rings. The quantitative estimate of drug-likeness (QED) is 0.301. The molecule has 8 nitrogen and oxygen atoms in total. The van der Waals surface area contributed by atoms with Gasteiger partial charge >= 0.3 is 0 Å². The lowest BCUT2D eigenvalue weighted by Crippen LogP contribution is -2.51. The van der Waals surface area contributed by atoms with E-state index < -0.39 is 5.60 Å². The van der Waals surface area contributed by atoms with Crippen LogP contribution in [0.2, 0.25) is 0 Å². The summed E-state index contributed by atoms with van der Waals surface area (Å²) in [6.07, 6.45) is 9.17. The van der Waals surface area contributed by atoms with Gasteiger partial charge in [-0.15, -0.1) is 10.2 Å². The Labute approximate surface area is 212 Å². The fourth-order valence-corrected chi connectivity index (χ4v) is 5.33. The summed E-state index contributed by atoms with van der Waals surface area (Å²) in [5.74, 6) is 0. The summed E-state index contributed by atoms with van der Waals surface area (Å²) >= 11 is 0. The third-order valence-corrected chi connectivity index (χ3v) is 7.36. The molecular formula is C28H36N6O2. The number of likely N-dealkylation sites (tertiary alicyclic amines) is 1. The Bertz CT molecular complexity index is 1220. The van der Waals surface area contributed by atoms with Gasteiger partial charge in [-0.3, -0.25) is 9.47 Å². The predicted octanol–water partition coefficient (Wildman–Crippen LogP) is 3.00. The third-order valence-electron chi connectivity index (χ3n) is 7.36. The van der Waals surface area contributed by atoms with Gasteiger partial charge in [-0.1, -0.05) is 30.3 Å². The van der Waals surface area contributed by atoms with Crippen molar-refractivity contribution in [2.24, 2.45) is 0 Å². The number of nitrogens with one attached hydrogen (secondary N) is 1. The van der Waals surface area contributed by atoms with Crippen molar-refractivity contribution in [2.75, 3.05) is 39.3 Å². The molecule has 8 heteroatoms. The Morgan fingerprint density at radius 1 is 1.03 bits per heavy atom. The van der Waals surface area contributed by atoms with Crippen LogP contribution in [0.25, 0.3) is 16.6 Å². The SMILES string of the molecule is OCCN(Cc1ccccc1)CC1(O)CCN(CCCc2c[nH]c3ccc(-n4cnnc4)cc23)CC1. The molecule has 0 unspecified atom stereocenters. The maximum Gasteiger partial charge on any atom is 0.123 e. The van der Waals surface area contributed by atoms with Gasteiger partial charge in [0, 0.05) is 55.5 Å². The molecule has 0 aliphatic carbocycles. The number of aromatic nitrogens is 4. The molecule has 0 saturated carbocycles. The van der Waals surface area contributed by atoms with Gasteiger partial charge in [-0.25, -0.2) is 0 Å². The fourth-order valence-electron chi connectivity index (χ4n) is 5.33. The summed E-state index contributed by atoms with van der Waals surface area (Å²) in [4.78, 5) is 8.04. The van der Waals surface area contributed by atoms with E-state index in [0.29, 0.717) is 13.1 Å². The van der Waals surface area contributed by atoms with Crippen molar-refractivity contribution >= 4 is 10.9 Å². The molecule has 3 N–H and O–H groups in total. The largest absolute Gasteiger partial charge is 0.395 e. The number of aliphatic hydroxyl groups excluding tert-OH is 1. The Hall–Kier alpha value is -3.04. The van der Waals surface area contributed by atoms with Crippen molar-refractivity contribution in [3.05, 3.63) is 78.5 Å². The lowest BCUT2D eigenvalue weighted by atomic mass is 9.90. The number of fused-ring (bicyclic) bond motifs is 1. The number of H-pyrrole nitrogens is 1. The number of nitrogens with zero attached hydrogens (tertiary/aromatic N) is 5. The molecular weight excluding hydrogens is 452 g/mol. The molecule has 0 atom stereocenters. The highest BCUT2D eigenvalue weighted by molar-refractivity contribution is 5.85. The molecule has 1 fully saturated rings. The number of benzene rings is 2. The van der Waals surface area contributed by atoms with E-state index in [1.54, 1.807) is 12.7 Å². The van der Waals surface area contributed by atoms with Gasteiger partial charge in [-0.2, -0.15) is 0 Å². The first kappa shape index (κ1) is 24.6. The highest BCUT2D eigenvalue weighted by Gasteiger charge is 2.33. The molecule has 0 spiro atoms. The summed E-state index contributed by atoms with van der Waals surface area (Å²) in [7, 11) is 0. The number of aliphatic hydroxyl groups is 2. The number of hydrogen-bond acceptors (Lipinski definition) is 6. The van der Waals surface area contributed by atoms with Crippen LogP contribution >= 0.6 is 0 Å². The summed E-state index contributed by atoms with van der Waals surface area (Å²) in [6, 6.07) is 16.6. The monoisotopic (exact) mass is 488 g/mol. The number of rotatable bonds is 11. The Balaban J connectivity index is 1.11. The van der Waals surface area contributed by atoms with E-state index in [2.05, 4.69) is 61.5 Å². The first-order valence-electron chi connectivity index (χ1n) is 12.9. The number of aromatic amines is 1. The minimum absolute atomic E-state index is 0.101. The van der Waals surface area contributed by atoms with E-state index in [1.807, 2.05) is 22.8 Å². The second-order valence-electron chi connectivity index (χ2n) is 10.0. The molecule has 0 amide bonds. The van der Waals surface area contributed by atoms with E-state index in [4.69, 9.17) is 0 Å². The van der Waals surface area contributed by atoms with Crippen LogP contribution in [0.3, 0.4) is 0 Å². The molecule has 36 heavy (non-hydrogen) atoms. The van der Waals surface area contributed by atoms with E-state index in [9.17, 15) is 10.2 Å². The normalized spacial score (nSPS) is 16.2. The molecule has 5 rings (SSSR count). The van der Waals surface area contributed by atoms with Gasteiger partial charge in [-0.05, 0) is 61.6 Å². The van der Waals surface area contributed by atoms with Crippen LogP contribution in [0.15, 0.2) is 67.4 Å². The zero-order chi connectivity index (χ0) is 24.8. The molecule has 3 heterocycles. The first-order chi connectivity index (χ1) is 17.6. The summed E-state index contributed by atoms with van der Waals surface area (Å²) in [5.41, 5.74) is 4.04. The number of hydrogen-bond donors (Lipinski definition) is 3. The van der Waals surface area contributed by atoms with E-state index in [1.165, 1.54) is 16.5 Å². The highest BCUT2D eigenvalue weighted by atomic mass is 16.3. The average Bonchev–Trinajstić information content (AvgIpc) is 3.56. The van der Waals surface area contributed by atoms with Gasteiger partial charge in [0.15, 0.2) is 0 Å². The minimum atomic E-state index is -0.699. The Morgan fingerprint density at radius 2 is 1.81 bits per heavy atom. The number of aryl methyl sites for hydroxylation is 1. The van der Waals surface area contributed by atoms with E-state index >= 15 is 0 Å². The van der Waals surface area contributed by atoms with Crippen molar-refractivity contribution in [1.82, 2.24) is 29.5 Å². The van der Waals surface area contributed by atoms with Gasteiger partial charge in [0.05, 0.1) is 12.2 Å². The van der Waals surface area contributed by atoms with Crippen molar-refractivity contribution in [2.45, 2.75) is 37.8 Å². The smallest absolute Gasteiger partial charge is 0.123 e. The van der Waals surface area contributed by atoms with Gasteiger partial charge in [0.2, 0.25) is 0 Å². The average molecular weight is 489 g/mol. The van der Waals surface area contributed by atoms with E-state index in [0.717, 1.165) is 63.1 Å². The summed E-state index contributed by atoms with van der Waals surface area (Å²) < 4.78 is 1.92. The summed E-state index contributed by atoms with van der Waals surface area (Å²) in [6.45, 7) is 4.85. The van der Waals surface area contributed by atoms with Crippen molar-refractivity contribution in [3.63, 3.8) is 0 Å². The summed E-state index contributed by atoms with van der Waals surface area (Å²) in [5, 5.41) is 29.9. The molecule has 2 aromatic heterocycles. The Kier molecular flexibility index (Phi) is 7.77. The Morgan fingerprint density at radius 3 is 2.56 bits per heavy atom. The third kappa shape index (κ3) is 6.02. The zero-order valence-electron chi connectivity index (χ0n) is 20.8. The van der Waals surface area contributed by atoms with Crippen molar-refractivity contribution in [3.8, 4) is 5.69 Å². The lowest BCUT2D eigenvalue weighted by Gasteiger charge is -2.41. The maximum atomic E-state index is 11.3. The van der Waals surface area contributed by atoms with Gasteiger partial charge < -0.3 is 20.1 Å². The lowest BCUT2D eigenvalue weighted by molar-refractivity contribution is -0.0489. The van der Waals surface area contributed by atoms with Crippen LogP contribution in [0.4, 0.5) is 0 Å². The minimum Gasteiger partial charge on any atom is -0.395 e. The topological polar surface area (TPSA) is 93.4 Å². The van der Waals surface area contributed by atoms with Crippen LogP contribution in [-0.2, 0) is 13.0 Å². The molecule has 1 aliphatic rings. The van der Waals surface area contributed by atoms with Gasteiger partial charge in [0.1, 0.15) is 12.7 Å². The first-order valence-corrected chi connectivity index (χ1v) is 12.9. The second kappa shape index (κ2) is 11.3.